The summed E-state index contributed by atoms with van der Waals surface area (Å²) in [5, 5.41) is 12.2. The van der Waals surface area contributed by atoms with Gasteiger partial charge >= 0.3 is 0 Å². The number of aromatic nitrogens is 3. The van der Waals surface area contributed by atoms with Crippen molar-refractivity contribution in [2.24, 2.45) is 0 Å². The van der Waals surface area contributed by atoms with Gasteiger partial charge in [-0.3, -0.25) is 9.78 Å². The number of amides is 1. The van der Waals surface area contributed by atoms with Crippen LogP contribution < -0.4 is 10.2 Å². The van der Waals surface area contributed by atoms with Gasteiger partial charge in [0, 0.05) is 42.5 Å². The van der Waals surface area contributed by atoms with Gasteiger partial charge in [0.15, 0.2) is 5.82 Å². The van der Waals surface area contributed by atoms with Crippen LogP contribution in [0.4, 0.5) is 5.82 Å². The number of anilines is 1. The molecule has 152 valence electrons. The van der Waals surface area contributed by atoms with E-state index in [4.69, 9.17) is 16.3 Å². The Hall–Kier alpha value is -2.33. The highest BCUT2D eigenvalue weighted by Crippen LogP contribution is 2.38. The highest BCUT2D eigenvalue weighted by Gasteiger charge is 2.20. The molecule has 3 aromatic heterocycles. The Kier molecular flexibility index (Phi) is 5.91. The number of pyridine rings is 1. The van der Waals surface area contributed by atoms with Gasteiger partial charge in [0.1, 0.15) is 0 Å². The van der Waals surface area contributed by atoms with Gasteiger partial charge in [-0.2, -0.15) is 4.98 Å². The molecule has 0 bridgehead atoms. The SMILES string of the molecule is CC(O)CNC(=O)c1cncc(-c2cc3nc(Cl)nc(N4CCOCC4)c3s2)c1. The number of morpholine rings is 1. The number of aliphatic hydroxyl groups excluding tert-OH is 1. The predicted octanol–water partition coefficient (Wildman–Crippen LogP) is 2.35. The fourth-order valence-corrected chi connectivity index (χ4v) is 4.33. The third-order valence-electron chi connectivity index (χ3n) is 4.48. The first-order chi connectivity index (χ1) is 14.0. The minimum absolute atomic E-state index is 0.183. The number of hydrogen-bond acceptors (Lipinski definition) is 8. The van der Waals surface area contributed by atoms with Gasteiger partial charge in [0.25, 0.3) is 5.91 Å². The molecular formula is C19H20ClN5O3S. The molecule has 0 aliphatic carbocycles. The lowest BCUT2D eigenvalue weighted by Gasteiger charge is -2.28. The van der Waals surface area contributed by atoms with Crippen molar-refractivity contribution in [2.75, 3.05) is 37.7 Å². The molecule has 4 heterocycles. The topological polar surface area (TPSA) is 100 Å². The zero-order chi connectivity index (χ0) is 20.4. The van der Waals surface area contributed by atoms with Crippen LogP contribution in [0.3, 0.4) is 0 Å². The maximum absolute atomic E-state index is 12.3. The zero-order valence-corrected chi connectivity index (χ0v) is 17.3. The summed E-state index contributed by atoms with van der Waals surface area (Å²) >= 11 is 7.70. The molecule has 10 heteroatoms. The van der Waals surface area contributed by atoms with Crippen molar-refractivity contribution >= 4 is 44.9 Å². The van der Waals surface area contributed by atoms with Crippen molar-refractivity contribution in [1.82, 2.24) is 20.3 Å². The number of ether oxygens (including phenoxy) is 1. The Balaban J connectivity index is 1.68. The molecule has 4 rings (SSSR count). The number of aliphatic hydroxyl groups is 1. The lowest BCUT2D eigenvalue weighted by atomic mass is 10.1. The molecule has 1 aliphatic rings. The van der Waals surface area contributed by atoms with Crippen molar-refractivity contribution < 1.29 is 14.6 Å². The Morgan fingerprint density at radius 1 is 1.34 bits per heavy atom. The zero-order valence-electron chi connectivity index (χ0n) is 15.8. The summed E-state index contributed by atoms with van der Waals surface area (Å²) in [6.07, 6.45) is 2.60. The van der Waals surface area contributed by atoms with Crippen molar-refractivity contribution in [3.8, 4) is 10.4 Å². The molecule has 0 aromatic carbocycles. The number of rotatable bonds is 5. The van der Waals surface area contributed by atoms with Crippen LogP contribution in [0.5, 0.6) is 0 Å². The van der Waals surface area contributed by atoms with E-state index in [9.17, 15) is 9.90 Å². The van der Waals surface area contributed by atoms with Crippen LogP contribution in [0.2, 0.25) is 5.28 Å². The minimum Gasteiger partial charge on any atom is -0.392 e. The average molecular weight is 434 g/mol. The molecule has 0 saturated carbocycles. The monoisotopic (exact) mass is 433 g/mol. The molecule has 1 amide bonds. The van der Waals surface area contributed by atoms with Gasteiger partial charge in [-0.15, -0.1) is 11.3 Å². The molecule has 1 fully saturated rings. The second-order valence-electron chi connectivity index (χ2n) is 6.76. The highest BCUT2D eigenvalue weighted by atomic mass is 35.5. The summed E-state index contributed by atoms with van der Waals surface area (Å²) in [5.74, 6) is 0.525. The number of halogens is 1. The third kappa shape index (κ3) is 4.48. The van der Waals surface area contributed by atoms with Crippen LogP contribution in [-0.2, 0) is 4.74 Å². The first kappa shape index (κ1) is 20.0. The number of hydrogen-bond donors (Lipinski definition) is 2. The van der Waals surface area contributed by atoms with Gasteiger partial charge in [-0.05, 0) is 30.7 Å². The summed E-state index contributed by atoms with van der Waals surface area (Å²) in [7, 11) is 0. The molecule has 1 unspecified atom stereocenters. The standard InChI is InChI=1S/C19H20ClN5O3S/c1-11(26)8-22-18(27)13-6-12(9-21-10-13)15-7-14-16(29-15)17(24-19(20)23-14)25-2-4-28-5-3-25/h6-7,9-11,26H,2-5,8H2,1H3,(H,22,27). The number of nitrogens with one attached hydrogen (secondary N) is 1. The third-order valence-corrected chi connectivity index (χ3v) is 5.82. The number of thiophene rings is 1. The van der Waals surface area contributed by atoms with Crippen LogP contribution in [0.1, 0.15) is 17.3 Å². The first-order valence-corrected chi connectivity index (χ1v) is 10.4. The fraction of sp³-hybridized carbons (Fsp3) is 0.368. The molecule has 1 atom stereocenters. The Morgan fingerprint density at radius 2 is 2.14 bits per heavy atom. The number of nitrogens with zero attached hydrogens (tertiary/aromatic N) is 4. The van der Waals surface area contributed by atoms with Gasteiger partial charge in [0.2, 0.25) is 5.28 Å². The summed E-state index contributed by atoms with van der Waals surface area (Å²) in [6.45, 7) is 4.59. The fourth-order valence-electron chi connectivity index (χ4n) is 3.06. The van der Waals surface area contributed by atoms with Crippen molar-refractivity contribution in [3.63, 3.8) is 0 Å². The normalized spacial score (nSPS) is 15.5. The van der Waals surface area contributed by atoms with Gasteiger partial charge in [-0.1, -0.05) is 0 Å². The molecule has 29 heavy (non-hydrogen) atoms. The number of carbonyl (C=O) groups excluding carboxylic acids is 1. The molecular weight excluding hydrogens is 414 g/mol. The first-order valence-electron chi connectivity index (χ1n) is 9.22. The molecule has 0 radical (unpaired) electrons. The van der Waals surface area contributed by atoms with E-state index < -0.39 is 6.10 Å². The van der Waals surface area contributed by atoms with E-state index in [-0.39, 0.29) is 17.7 Å². The van der Waals surface area contributed by atoms with E-state index >= 15 is 0 Å². The van der Waals surface area contributed by atoms with Crippen molar-refractivity contribution in [1.29, 1.82) is 0 Å². The van der Waals surface area contributed by atoms with Gasteiger partial charge in [-0.25, -0.2) is 4.98 Å². The van der Waals surface area contributed by atoms with E-state index in [1.165, 1.54) is 6.20 Å². The number of carbonyl (C=O) groups is 1. The summed E-state index contributed by atoms with van der Waals surface area (Å²) < 4.78 is 6.37. The summed E-state index contributed by atoms with van der Waals surface area (Å²) in [5.41, 5.74) is 2.00. The molecule has 8 nitrogen and oxygen atoms in total. The van der Waals surface area contributed by atoms with Crippen LogP contribution in [-0.4, -0.2) is 64.9 Å². The van der Waals surface area contributed by atoms with Crippen LogP contribution in [0.25, 0.3) is 20.7 Å². The van der Waals surface area contributed by atoms with Crippen LogP contribution in [0.15, 0.2) is 24.5 Å². The van der Waals surface area contributed by atoms with Gasteiger partial charge < -0.3 is 20.1 Å². The minimum atomic E-state index is -0.611. The Bertz CT molecular complexity index is 1040. The molecule has 3 aromatic rings. The molecule has 1 saturated heterocycles. The van der Waals surface area contributed by atoms with E-state index in [0.717, 1.165) is 39.6 Å². The summed E-state index contributed by atoms with van der Waals surface area (Å²) in [4.78, 5) is 28.4. The van der Waals surface area contributed by atoms with Gasteiger partial charge in [0.05, 0.1) is 35.1 Å². The number of fused-ring (bicyclic) bond motifs is 1. The second kappa shape index (κ2) is 8.58. The molecule has 1 aliphatic heterocycles. The van der Waals surface area contributed by atoms with E-state index in [0.29, 0.717) is 18.8 Å². The lowest BCUT2D eigenvalue weighted by Crippen LogP contribution is -2.36. The largest absolute Gasteiger partial charge is 0.392 e. The van der Waals surface area contributed by atoms with Crippen LogP contribution >= 0.6 is 22.9 Å². The highest BCUT2D eigenvalue weighted by molar-refractivity contribution is 7.22. The second-order valence-corrected chi connectivity index (χ2v) is 8.15. The maximum atomic E-state index is 12.3. The van der Waals surface area contributed by atoms with E-state index in [1.54, 1.807) is 30.5 Å². The quantitative estimate of drug-likeness (QED) is 0.595. The summed E-state index contributed by atoms with van der Waals surface area (Å²) in [6, 6.07) is 3.71. The smallest absolute Gasteiger partial charge is 0.252 e. The maximum Gasteiger partial charge on any atom is 0.252 e. The van der Waals surface area contributed by atoms with Crippen LogP contribution in [0, 0.1) is 0 Å². The van der Waals surface area contributed by atoms with Crippen molar-refractivity contribution in [3.05, 3.63) is 35.4 Å². The predicted molar refractivity (Wildman–Crippen MR) is 113 cm³/mol. The van der Waals surface area contributed by atoms with Crippen molar-refractivity contribution in [2.45, 2.75) is 13.0 Å². The Morgan fingerprint density at radius 3 is 2.90 bits per heavy atom. The van der Waals surface area contributed by atoms with E-state index in [2.05, 4.69) is 25.2 Å². The van der Waals surface area contributed by atoms with E-state index in [1.807, 2.05) is 6.07 Å². The average Bonchev–Trinajstić information content (AvgIpc) is 3.16. The molecule has 0 spiro atoms. The lowest BCUT2D eigenvalue weighted by molar-refractivity contribution is 0.0923. The molecule has 2 N–H and O–H groups in total. The Labute approximate surface area is 176 Å².